The van der Waals surface area contributed by atoms with Gasteiger partial charge in [0.25, 0.3) is 0 Å². The van der Waals surface area contributed by atoms with Crippen molar-refractivity contribution < 1.29 is 0 Å². The lowest BCUT2D eigenvalue weighted by atomic mass is 9.92. The van der Waals surface area contributed by atoms with Crippen molar-refractivity contribution in [2.75, 3.05) is 39.3 Å². The highest BCUT2D eigenvalue weighted by Gasteiger charge is 2.42. The molecule has 0 radical (unpaired) electrons. The van der Waals surface area contributed by atoms with Crippen LogP contribution in [0.3, 0.4) is 0 Å². The Kier molecular flexibility index (Phi) is 5.27. The van der Waals surface area contributed by atoms with Gasteiger partial charge in [-0.15, -0.1) is 0 Å². The Morgan fingerprint density at radius 3 is 2.37 bits per heavy atom. The van der Waals surface area contributed by atoms with Gasteiger partial charge in [-0.3, -0.25) is 4.90 Å². The topological polar surface area (TPSA) is 32.5 Å². The SMILES string of the molecule is CCC1CCC(CN)(N2CCN(CC(C)C)CC2)C1. The molecule has 2 fully saturated rings. The van der Waals surface area contributed by atoms with Crippen molar-refractivity contribution in [2.45, 2.75) is 52.0 Å². The minimum Gasteiger partial charge on any atom is -0.329 e. The molecule has 19 heavy (non-hydrogen) atoms. The zero-order valence-electron chi connectivity index (χ0n) is 13.2. The highest BCUT2D eigenvalue weighted by atomic mass is 15.3. The Balaban J connectivity index is 1.89. The van der Waals surface area contributed by atoms with E-state index in [1.54, 1.807) is 0 Å². The van der Waals surface area contributed by atoms with Crippen LogP contribution in [0.2, 0.25) is 0 Å². The highest BCUT2D eigenvalue weighted by molar-refractivity contribution is 5.00. The molecule has 1 heterocycles. The van der Waals surface area contributed by atoms with Crippen molar-refractivity contribution >= 4 is 0 Å². The van der Waals surface area contributed by atoms with E-state index >= 15 is 0 Å². The molecule has 0 amide bonds. The molecule has 0 aromatic heterocycles. The molecule has 3 nitrogen and oxygen atoms in total. The second-order valence-electron chi connectivity index (χ2n) is 7.13. The Morgan fingerprint density at radius 2 is 1.89 bits per heavy atom. The van der Waals surface area contributed by atoms with Gasteiger partial charge >= 0.3 is 0 Å². The molecule has 1 aliphatic carbocycles. The van der Waals surface area contributed by atoms with Gasteiger partial charge in [-0.2, -0.15) is 0 Å². The summed E-state index contributed by atoms with van der Waals surface area (Å²) < 4.78 is 0. The van der Waals surface area contributed by atoms with Gasteiger partial charge in [0, 0.05) is 44.8 Å². The van der Waals surface area contributed by atoms with Crippen molar-refractivity contribution in [3.05, 3.63) is 0 Å². The summed E-state index contributed by atoms with van der Waals surface area (Å²) in [6.45, 7) is 14.0. The maximum Gasteiger partial charge on any atom is 0.0335 e. The normalized spacial score (nSPS) is 34.3. The lowest BCUT2D eigenvalue weighted by Crippen LogP contribution is -2.59. The maximum atomic E-state index is 6.18. The van der Waals surface area contributed by atoms with Gasteiger partial charge in [-0.1, -0.05) is 27.2 Å². The molecular weight excluding hydrogens is 234 g/mol. The van der Waals surface area contributed by atoms with E-state index < -0.39 is 0 Å². The summed E-state index contributed by atoms with van der Waals surface area (Å²) in [4.78, 5) is 5.34. The standard InChI is InChI=1S/C16H33N3/c1-4-15-5-6-16(11-15,13-17)19-9-7-18(8-10-19)12-14(2)3/h14-15H,4-13,17H2,1-3H3. The summed E-state index contributed by atoms with van der Waals surface area (Å²) in [5.74, 6) is 1.70. The molecule has 0 aromatic carbocycles. The maximum absolute atomic E-state index is 6.18. The third-order valence-corrected chi connectivity index (χ3v) is 5.31. The summed E-state index contributed by atoms with van der Waals surface area (Å²) in [6, 6.07) is 0. The van der Waals surface area contributed by atoms with Crippen LogP contribution in [0.25, 0.3) is 0 Å². The smallest absolute Gasteiger partial charge is 0.0335 e. The number of rotatable bonds is 5. The quantitative estimate of drug-likeness (QED) is 0.828. The summed E-state index contributed by atoms with van der Waals surface area (Å²) in [5.41, 5.74) is 6.51. The zero-order valence-corrected chi connectivity index (χ0v) is 13.2. The number of hydrogen-bond acceptors (Lipinski definition) is 3. The molecule has 2 N–H and O–H groups in total. The monoisotopic (exact) mass is 267 g/mol. The van der Waals surface area contributed by atoms with Gasteiger partial charge in [0.05, 0.1) is 0 Å². The van der Waals surface area contributed by atoms with E-state index in [4.69, 9.17) is 5.73 Å². The number of nitrogens with zero attached hydrogens (tertiary/aromatic N) is 2. The molecule has 2 atom stereocenters. The van der Waals surface area contributed by atoms with Crippen molar-refractivity contribution in [2.24, 2.45) is 17.6 Å². The largest absolute Gasteiger partial charge is 0.329 e. The van der Waals surface area contributed by atoms with E-state index in [0.29, 0.717) is 5.54 Å². The van der Waals surface area contributed by atoms with Crippen molar-refractivity contribution in [3.8, 4) is 0 Å². The molecule has 1 saturated carbocycles. The molecule has 112 valence electrons. The average molecular weight is 267 g/mol. The van der Waals surface area contributed by atoms with Crippen molar-refractivity contribution in [1.29, 1.82) is 0 Å². The van der Waals surface area contributed by atoms with Crippen LogP contribution in [0.5, 0.6) is 0 Å². The molecular formula is C16H33N3. The van der Waals surface area contributed by atoms with Gasteiger partial charge in [0.1, 0.15) is 0 Å². The van der Waals surface area contributed by atoms with Crippen LogP contribution in [0.4, 0.5) is 0 Å². The molecule has 2 aliphatic rings. The zero-order chi connectivity index (χ0) is 13.9. The van der Waals surface area contributed by atoms with Gasteiger partial charge in [0.2, 0.25) is 0 Å². The van der Waals surface area contributed by atoms with Crippen molar-refractivity contribution in [3.63, 3.8) is 0 Å². The van der Waals surface area contributed by atoms with Crippen LogP contribution < -0.4 is 5.73 Å². The van der Waals surface area contributed by atoms with E-state index in [2.05, 4.69) is 30.6 Å². The first kappa shape index (κ1) is 15.3. The Hall–Kier alpha value is -0.120. The minimum atomic E-state index is 0.338. The van der Waals surface area contributed by atoms with Crippen LogP contribution in [-0.4, -0.2) is 54.6 Å². The Labute approximate surface area is 119 Å². The molecule has 3 heteroatoms. The predicted octanol–water partition coefficient (Wildman–Crippen LogP) is 2.17. The van der Waals surface area contributed by atoms with Gasteiger partial charge in [-0.25, -0.2) is 0 Å². The second kappa shape index (κ2) is 6.55. The van der Waals surface area contributed by atoms with E-state index in [0.717, 1.165) is 18.4 Å². The fourth-order valence-electron chi connectivity index (χ4n) is 4.09. The highest BCUT2D eigenvalue weighted by Crippen LogP contribution is 2.40. The first-order chi connectivity index (χ1) is 9.09. The lowest BCUT2D eigenvalue weighted by Gasteiger charge is -2.46. The minimum absolute atomic E-state index is 0.338. The molecule has 0 spiro atoms. The molecule has 1 saturated heterocycles. The summed E-state index contributed by atoms with van der Waals surface area (Å²) in [6.07, 6.45) is 5.38. The molecule has 1 aliphatic heterocycles. The number of nitrogens with two attached hydrogens (primary N) is 1. The van der Waals surface area contributed by atoms with Gasteiger partial charge in [0.15, 0.2) is 0 Å². The average Bonchev–Trinajstić information content (AvgIpc) is 2.84. The van der Waals surface area contributed by atoms with Crippen LogP contribution in [0, 0.1) is 11.8 Å². The lowest BCUT2D eigenvalue weighted by molar-refractivity contribution is 0.0335. The van der Waals surface area contributed by atoms with Crippen LogP contribution in [-0.2, 0) is 0 Å². The van der Waals surface area contributed by atoms with E-state index in [9.17, 15) is 0 Å². The fourth-order valence-corrected chi connectivity index (χ4v) is 4.09. The number of piperazine rings is 1. The third-order valence-electron chi connectivity index (χ3n) is 5.31. The fraction of sp³-hybridized carbons (Fsp3) is 1.00. The molecule has 0 bridgehead atoms. The van der Waals surface area contributed by atoms with Gasteiger partial charge < -0.3 is 10.6 Å². The first-order valence-electron chi connectivity index (χ1n) is 8.27. The third kappa shape index (κ3) is 3.50. The predicted molar refractivity (Wildman–Crippen MR) is 82.3 cm³/mol. The Bertz CT molecular complexity index is 271. The van der Waals surface area contributed by atoms with Crippen LogP contribution >= 0.6 is 0 Å². The first-order valence-corrected chi connectivity index (χ1v) is 8.27. The molecule has 2 unspecified atom stereocenters. The van der Waals surface area contributed by atoms with E-state index in [1.165, 1.54) is 58.4 Å². The summed E-state index contributed by atoms with van der Waals surface area (Å²) in [7, 11) is 0. The van der Waals surface area contributed by atoms with Crippen LogP contribution in [0.15, 0.2) is 0 Å². The molecule has 0 aromatic rings. The summed E-state index contributed by atoms with van der Waals surface area (Å²) >= 11 is 0. The van der Waals surface area contributed by atoms with E-state index in [1.807, 2.05) is 0 Å². The summed E-state index contributed by atoms with van der Waals surface area (Å²) in [5, 5.41) is 0. The van der Waals surface area contributed by atoms with E-state index in [-0.39, 0.29) is 0 Å². The van der Waals surface area contributed by atoms with Crippen LogP contribution in [0.1, 0.15) is 46.5 Å². The second-order valence-corrected chi connectivity index (χ2v) is 7.13. The van der Waals surface area contributed by atoms with Crippen molar-refractivity contribution in [1.82, 2.24) is 9.80 Å². The Morgan fingerprint density at radius 1 is 1.21 bits per heavy atom. The van der Waals surface area contributed by atoms with Gasteiger partial charge in [-0.05, 0) is 31.1 Å². The molecule has 2 rings (SSSR count). The number of hydrogen-bond donors (Lipinski definition) is 1.